The van der Waals surface area contributed by atoms with Crippen LogP contribution >= 0.6 is 24.0 Å². The monoisotopic (exact) mass is 476 g/mol. The summed E-state index contributed by atoms with van der Waals surface area (Å²) in [5.74, 6) is 0.619. The number of aliphatic imine (C=N–C) groups is 1. The Morgan fingerprint density at radius 3 is 2.46 bits per heavy atom. The highest BCUT2D eigenvalue weighted by Crippen LogP contribution is 2.14. The van der Waals surface area contributed by atoms with E-state index in [4.69, 9.17) is 0 Å². The zero-order valence-corrected chi connectivity index (χ0v) is 18.6. The van der Waals surface area contributed by atoms with Crippen molar-refractivity contribution in [1.82, 2.24) is 16.0 Å². The van der Waals surface area contributed by atoms with E-state index in [2.05, 4.69) is 20.9 Å². The van der Waals surface area contributed by atoms with Crippen molar-refractivity contribution in [2.45, 2.75) is 45.6 Å². The molecule has 26 heavy (non-hydrogen) atoms. The van der Waals surface area contributed by atoms with Gasteiger partial charge in [0.25, 0.3) is 5.91 Å². The molecule has 0 fully saturated rings. The van der Waals surface area contributed by atoms with Gasteiger partial charge in [0, 0.05) is 25.7 Å². The Morgan fingerprint density at radius 2 is 1.88 bits per heavy atom. The van der Waals surface area contributed by atoms with Crippen LogP contribution in [0.3, 0.4) is 0 Å². The quantitative estimate of drug-likeness (QED) is 0.251. The molecule has 0 aliphatic heterocycles. The van der Waals surface area contributed by atoms with Crippen LogP contribution in [0.4, 0.5) is 0 Å². The number of hydrogen-bond donors (Lipinski definition) is 4. The van der Waals surface area contributed by atoms with Crippen LogP contribution in [0.2, 0.25) is 0 Å². The fourth-order valence-electron chi connectivity index (χ4n) is 2.38. The summed E-state index contributed by atoms with van der Waals surface area (Å²) in [6, 6.07) is 7.60. The summed E-state index contributed by atoms with van der Waals surface area (Å²) in [4.78, 5) is 16.2. The average Bonchev–Trinajstić information content (AvgIpc) is 2.65. The highest BCUT2D eigenvalue weighted by molar-refractivity contribution is 14.0. The molecule has 0 bridgehead atoms. The molecule has 4 N–H and O–H groups in total. The molecule has 148 valence electrons. The van der Waals surface area contributed by atoms with Crippen LogP contribution in [0.5, 0.6) is 0 Å². The van der Waals surface area contributed by atoms with Gasteiger partial charge in [-0.1, -0.05) is 26.0 Å². The molecule has 0 spiro atoms. The summed E-state index contributed by atoms with van der Waals surface area (Å²) >= 11 is 0. The Hall–Kier alpha value is -1.35. The zero-order chi connectivity index (χ0) is 18.7. The predicted molar refractivity (Wildman–Crippen MR) is 118 cm³/mol. The number of carbonyl (C=O) groups excluding carboxylic acids is 1. The molecule has 6 nitrogen and oxygen atoms in total. The van der Waals surface area contributed by atoms with Gasteiger partial charge < -0.3 is 21.1 Å². The fourth-order valence-corrected chi connectivity index (χ4v) is 2.38. The van der Waals surface area contributed by atoms with Gasteiger partial charge >= 0.3 is 0 Å². The average molecular weight is 476 g/mol. The van der Waals surface area contributed by atoms with Crippen molar-refractivity contribution >= 4 is 35.8 Å². The van der Waals surface area contributed by atoms with E-state index in [1.165, 1.54) is 0 Å². The van der Waals surface area contributed by atoms with Crippen LogP contribution in [-0.4, -0.2) is 49.3 Å². The fraction of sp³-hybridized carbons (Fsp3) is 0.579. The van der Waals surface area contributed by atoms with Crippen molar-refractivity contribution in [1.29, 1.82) is 0 Å². The van der Waals surface area contributed by atoms with Crippen molar-refractivity contribution in [3.05, 3.63) is 35.4 Å². The topological polar surface area (TPSA) is 85.8 Å². The van der Waals surface area contributed by atoms with Crippen LogP contribution in [0, 0.1) is 0 Å². The van der Waals surface area contributed by atoms with Gasteiger partial charge in [0.2, 0.25) is 0 Å². The van der Waals surface area contributed by atoms with Crippen molar-refractivity contribution in [3.63, 3.8) is 0 Å². The number of halogens is 1. The van der Waals surface area contributed by atoms with Crippen LogP contribution in [0.25, 0.3) is 0 Å². The lowest BCUT2D eigenvalue weighted by atomic mass is 9.98. The highest BCUT2D eigenvalue weighted by atomic mass is 127. The Bertz CT molecular complexity index is 574. The number of amides is 1. The SMILES string of the molecule is CCNC(=NCC(O)(CC)CC)NCCc1cccc(C(=O)NC)c1.I. The van der Waals surface area contributed by atoms with Crippen LogP contribution in [0.15, 0.2) is 29.3 Å². The minimum absolute atomic E-state index is 0. The van der Waals surface area contributed by atoms with E-state index in [1.807, 2.05) is 39.0 Å². The first kappa shape index (κ1) is 24.7. The lowest BCUT2D eigenvalue weighted by Crippen LogP contribution is -2.40. The first-order valence-corrected chi connectivity index (χ1v) is 9.03. The highest BCUT2D eigenvalue weighted by Gasteiger charge is 2.21. The Morgan fingerprint density at radius 1 is 1.19 bits per heavy atom. The number of benzene rings is 1. The molecular formula is C19H33IN4O2. The van der Waals surface area contributed by atoms with E-state index in [-0.39, 0.29) is 29.9 Å². The van der Waals surface area contributed by atoms with E-state index in [0.29, 0.717) is 37.5 Å². The summed E-state index contributed by atoms with van der Waals surface area (Å²) in [5.41, 5.74) is 1.00. The molecule has 0 saturated heterocycles. The molecule has 0 unspecified atom stereocenters. The maximum atomic E-state index is 11.7. The number of rotatable bonds is 9. The molecular weight excluding hydrogens is 443 g/mol. The maximum Gasteiger partial charge on any atom is 0.251 e. The van der Waals surface area contributed by atoms with Gasteiger partial charge in [-0.15, -0.1) is 24.0 Å². The minimum atomic E-state index is -0.746. The predicted octanol–water partition coefficient (Wildman–Crippen LogP) is 2.31. The summed E-state index contributed by atoms with van der Waals surface area (Å²) in [6.45, 7) is 7.78. The largest absolute Gasteiger partial charge is 0.388 e. The second-order valence-corrected chi connectivity index (χ2v) is 6.08. The lowest BCUT2D eigenvalue weighted by Gasteiger charge is -2.23. The second-order valence-electron chi connectivity index (χ2n) is 6.08. The Labute approximate surface area is 174 Å². The van der Waals surface area contributed by atoms with Gasteiger partial charge in [-0.2, -0.15) is 0 Å². The molecule has 1 amide bonds. The third-order valence-corrected chi connectivity index (χ3v) is 4.31. The van der Waals surface area contributed by atoms with E-state index in [1.54, 1.807) is 13.1 Å². The third kappa shape index (κ3) is 8.35. The van der Waals surface area contributed by atoms with Crippen LogP contribution in [0.1, 0.15) is 49.5 Å². The van der Waals surface area contributed by atoms with E-state index < -0.39 is 5.60 Å². The van der Waals surface area contributed by atoms with Crippen LogP contribution in [-0.2, 0) is 6.42 Å². The third-order valence-electron chi connectivity index (χ3n) is 4.31. The molecule has 0 heterocycles. The van der Waals surface area contributed by atoms with Crippen LogP contribution < -0.4 is 16.0 Å². The van der Waals surface area contributed by atoms with Crippen molar-refractivity contribution in [2.75, 3.05) is 26.7 Å². The standard InChI is InChI=1S/C19H32N4O2.HI/c1-5-19(25,6-2)14-23-18(21-7-3)22-12-11-15-9-8-10-16(13-15)17(24)20-4;/h8-10,13,25H,5-7,11-12,14H2,1-4H3,(H,20,24)(H2,21,22,23);1H. The molecule has 0 aromatic heterocycles. The van der Waals surface area contributed by atoms with E-state index in [0.717, 1.165) is 18.5 Å². The normalized spacial score (nSPS) is 11.5. The van der Waals surface area contributed by atoms with Crippen molar-refractivity contribution in [3.8, 4) is 0 Å². The molecule has 1 rings (SSSR count). The minimum Gasteiger partial charge on any atom is -0.388 e. The van der Waals surface area contributed by atoms with Gasteiger partial charge in [-0.05, 0) is 43.9 Å². The van der Waals surface area contributed by atoms with Gasteiger partial charge in [-0.3, -0.25) is 9.79 Å². The van der Waals surface area contributed by atoms with E-state index >= 15 is 0 Å². The molecule has 0 atom stereocenters. The molecule has 7 heteroatoms. The number of guanidine groups is 1. The molecule has 0 saturated carbocycles. The molecule has 0 aliphatic carbocycles. The lowest BCUT2D eigenvalue weighted by molar-refractivity contribution is 0.0418. The molecule has 0 radical (unpaired) electrons. The van der Waals surface area contributed by atoms with Crippen molar-refractivity contribution in [2.24, 2.45) is 4.99 Å². The number of aliphatic hydroxyl groups is 1. The van der Waals surface area contributed by atoms with Gasteiger partial charge in [-0.25, -0.2) is 0 Å². The number of hydrogen-bond acceptors (Lipinski definition) is 3. The smallest absolute Gasteiger partial charge is 0.251 e. The number of nitrogens with zero attached hydrogens (tertiary/aromatic N) is 1. The summed E-state index contributed by atoms with van der Waals surface area (Å²) < 4.78 is 0. The maximum absolute atomic E-state index is 11.7. The first-order valence-electron chi connectivity index (χ1n) is 9.03. The van der Waals surface area contributed by atoms with E-state index in [9.17, 15) is 9.90 Å². The molecule has 0 aliphatic rings. The van der Waals surface area contributed by atoms with Crippen molar-refractivity contribution < 1.29 is 9.90 Å². The van der Waals surface area contributed by atoms with Gasteiger partial charge in [0.15, 0.2) is 5.96 Å². The first-order chi connectivity index (χ1) is 12.0. The number of nitrogens with one attached hydrogen (secondary N) is 3. The number of carbonyl (C=O) groups is 1. The summed E-state index contributed by atoms with van der Waals surface area (Å²) in [6.07, 6.45) is 2.14. The summed E-state index contributed by atoms with van der Waals surface area (Å²) in [5, 5.41) is 19.5. The Balaban J connectivity index is 0.00000625. The second kappa shape index (κ2) is 12.9. The molecule has 1 aromatic carbocycles. The summed E-state index contributed by atoms with van der Waals surface area (Å²) in [7, 11) is 1.63. The molecule has 1 aromatic rings. The van der Waals surface area contributed by atoms with Gasteiger partial charge in [0.1, 0.15) is 0 Å². The van der Waals surface area contributed by atoms with Gasteiger partial charge in [0.05, 0.1) is 12.1 Å². The zero-order valence-electron chi connectivity index (χ0n) is 16.3. The Kier molecular flexibility index (Phi) is 12.2.